The summed E-state index contributed by atoms with van der Waals surface area (Å²) in [5.41, 5.74) is 1.87. The van der Waals surface area contributed by atoms with Gasteiger partial charge in [0, 0.05) is 32.4 Å². The SMILES string of the molecule is O=CN1CCN(c2ccc3c(=O)c(C(=O)NCc4ccccn4)c4sc5ccccc5n4c3n2)CC1. The van der Waals surface area contributed by atoms with Gasteiger partial charge in [-0.25, -0.2) is 4.98 Å². The van der Waals surface area contributed by atoms with Crippen LogP contribution in [0.5, 0.6) is 0 Å². The van der Waals surface area contributed by atoms with Crippen molar-refractivity contribution in [1.29, 1.82) is 0 Å². The van der Waals surface area contributed by atoms with Gasteiger partial charge in [-0.15, -0.1) is 11.3 Å². The predicted octanol–water partition coefficient (Wildman–Crippen LogP) is 2.67. The number of rotatable bonds is 5. The Morgan fingerprint density at radius 2 is 1.83 bits per heavy atom. The molecular weight excluding hydrogens is 476 g/mol. The van der Waals surface area contributed by atoms with Gasteiger partial charge in [0.15, 0.2) is 5.65 Å². The highest BCUT2D eigenvalue weighted by Gasteiger charge is 2.24. The van der Waals surface area contributed by atoms with Gasteiger partial charge < -0.3 is 15.1 Å². The lowest BCUT2D eigenvalue weighted by molar-refractivity contribution is -0.118. The van der Waals surface area contributed by atoms with Crippen LogP contribution in [0.15, 0.2) is 65.6 Å². The second-order valence-corrected chi connectivity index (χ2v) is 9.62. The molecule has 0 aliphatic carbocycles. The maximum absolute atomic E-state index is 13.7. The third-order valence-electron chi connectivity index (χ3n) is 6.44. The van der Waals surface area contributed by atoms with Crippen molar-refractivity contribution in [3.05, 3.63) is 82.3 Å². The number of para-hydroxylation sites is 1. The van der Waals surface area contributed by atoms with Crippen LogP contribution in [-0.4, -0.2) is 57.8 Å². The maximum Gasteiger partial charge on any atom is 0.258 e. The lowest BCUT2D eigenvalue weighted by atomic mass is 10.1. The second-order valence-electron chi connectivity index (χ2n) is 8.59. The van der Waals surface area contributed by atoms with Crippen molar-refractivity contribution >= 4 is 55.6 Å². The molecule has 0 unspecified atom stereocenters. The first-order chi connectivity index (χ1) is 17.6. The average molecular weight is 499 g/mol. The zero-order valence-electron chi connectivity index (χ0n) is 19.3. The molecule has 2 amide bonds. The Hall–Kier alpha value is -4.31. The second kappa shape index (κ2) is 9.04. The molecule has 5 aromatic rings. The Bertz CT molecular complexity index is 1670. The first-order valence-electron chi connectivity index (χ1n) is 11.6. The lowest BCUT2D eigenvalue weighted by Gasteiger charge is -2.33. The summed E-state index contributed by atoms with van der Waals surface area (Å²) in [5.74, 6) is 0.301. The number of carbonyl (C=O) groups is 2. The molecule has 9 nitrogen and oxygen atoms in total. The molecule has 1 fully saturated rings. The van der Waals surface area contributed by atoms with E-state index in [9.17, 15) is 14.4 Å². The Morgan fingerprint density at radius 1 is 1.03 bits per heavy atom. The Morgan fingerprint density at radius 3 is 2.61 bits per heavy atom. The molecule has 4 aromatic heterocycles. The van der Waals surface area contributed by atoms with Crippen LogP contribution >= 0.6 is 11.3 Å². The summed E-state index contributed by atoms with van der Waals surface area (Å²) in [6, 6.07) is 16.9. The molecule has 0 spiro atoms. The van der Waals surface area contributed by atoms with Crippen molar-refractivity contribution in [2.24, 2.45) is 0 Å². The van der Waals surface area contributed by atoms with Crippen LogP contribution in [0.1, 0.15) is 16.1 Å². The van der Waals surface area contributed by atoms with E-state index in [0.717, 1.165) is 22.4 Å². The number of piperazine rings is 1. The number of benzene rings is 1. The number of pyridine rings is 3. The van der Waals surface area contributed by atoms with E-state index in [4.69, 9.17) is 4.98 Å². The van der Waals surface area contributed by atoms with E-state index < -0.39 is 5.91 Å². The van der Waals surface area contributed by atoms with E-state index in [1.165, 1.54) is 11.3 Å². The highest BCUT2D eigenvalue weighted by atomic mass is 32.1. The molecule has 1 aliphatic rings. The van der Waals surface area contributed by atoms with E-state index >= 15 is 0 Å². The summed E-state index contributed by atoms with van der Waals surface area (Å²) in [7, 11) is 0. The number of nitrogens with zero attached hydrogens (tertiary/aromatic N) is 5. The van der Waals surface area contributed by atoms with Crippen molar-refractivity contribution in [1.82, 2.24) is 24.6 Å². The van der Waals surface area contributed by atoms with Gasteiger partial charge in [-0.05, 0) is 36.4 Å². The molecule has 1 aromatic carbocycles. The number of anilines is 1. The van der Waals surface area contributed by atoms with Gasteiger partial charge in [0.1, 0.15) is 16.2 Å². The summed E-state index contributed by atoms with van der Waals surface area (Å²) < 4.78 is 2.87. The summed E-state index contributed by atoms with van der Waals surface area (Å²) >= 11 is 1.40. The summed E-state index contributed by atoms with van der Waals surface area (Å²) in [5, 5.41) is 3.24. The van der Waals surface area contributed by atoms with Gasteiger partial charge in [0.05, 0.1) is 27.8 Å². The Kier molecular flexibility index (Phi) is 5.57. The topological polar surface area (TPSA) is 99.9 Å². The minimum atomic E-state index is -0.439. The first-order valence-corrected chi connectivity index (χ1v) is 12.4. The molecule has 1 aliphatic heterocycles. The fourth-order valence-electron chi connectivity index (χ4n) is 4.57. The van der Waals surface area contributed by atoms with Gasteiger partial charge in [0.2, 0.25) is 11.8 Å². The van der Waals surface area contributed by atoms with E-state index in [2.05, 4.69) is 15.2 Å². The molecule has 6 rings (SSSR count). The lowest BCUT2D eigenvalue weighted by Crippen LogP contribution is -2.46. The fourth-order valence-corrected chi connectivity index (χ4v) is 5.76. The van der Waals surface area contributed by atoms with Crippen molar-refractivity contribution < 1.29 is 9.59 Å². The Balaban J connectivity index is 1.49. The normalized spacial score (nSPS) is 14.0. The van der Waals surface area contributed by atoms with Crippen molar-refractivity contribution in [3.8, 4) is 0 Å². The highest BCUT2D eigenvalue weighted by molar-refractivity contribution is 7.24. The quantitative estimate of drug-likeness (QED) is 0.374. The smallest absolute Gasteiger partial charge is 0.258 e. The van der Waals surface area contributed by atoms with Crippen LogP contribution < -0.4 is 15.6 Å². The third kappa shape index (κ3) is 3.75. The number of thiazole rings is 1. The van der Waals surface area contributed by atoms with Crippen LogP contribution in [0.3, 0.4) is 0 Å². The van der Waals surface area contributed by atoms with Crippen LogP contribution in [0.2, 0.25) is 0 Å². The van der Waals surface area contributed by atoms with Gasteiger partial charge in [-0.3, -0.25) is 23.8 Å². The molecule has 0 saturated carbocycles. The first kappa shape index (κ1) is 22.2. The zero-order chi connectivity index (χ0) is 24.6. The third-order valence-corrected chi connectivity index (χ3v) is 7.59. The molecular formula is C26H22N6O3S. The number of carbonyl (C=O) groups excluding carboxylic acids is 2. The minimum Gasteiger partial charge on any atom is -0.353 e. The number of aromatic nitrogens is 3. The van der Waals surface area contributed by atoms with Crippen LogP contribution in [0.4, 0.5) is 5.82 Å². The predicted molar refractivity (Wildman–Crippen MR) is 140 cm³/mol. The standard InChI is InChI=1S/C26H22N6O3S/c33-16-30-11-13-31(14-12-30)21-9-8-18-23(34)22(25(35)28-15-17-5-3-4-10-27-17)26-32(24(18)29-21)19-6-1-2-7-20(19)36-26/h1-10,16H,11-15H2,(H,28,35). The van der Waals surface area contributed by atoms with E-state index in [0.29, 0.717) is 47.7 Å². The summed E-state index contributed by atoms with van der Waals surface area (Å²) in [6.07, 6.45) is 2.53. The van der Waals surface area contributed by atoms with E-state index in [1.54, 1.807) is 17.2 Å². The molecule has 1 saturated heterocycles. The zero-order valence-corrected chi connectivity index (χ0v) is 20.1. The van der Waals surface area contributed by atoms with Crippen molar-refractivity contribution in [3.63, 3.8) is 0 Å². The van der Waals surface area contributed by atoms with Crippen LogP contribution in [0, 0.1) is 0 Å². The van der Waals surface area contributed by atoms with E-state index in [1.807, 2.05) is 52.9 Å². The van der Waals surface area contributed by atoms with Crippen LogP contribution in [0.25, 0.3) is 26.1 Å². The van der Waals surface area contributed by atoms with Gasteiger partial charge in [-0.1, -0.05) is 18.2 Å². The molecule has 0 bridgehead atoms. The highest BCUT2D eigenvalue weighted by Crippen LogP contribution is 2.31. The molecule has 180 valence electrons. The Labute approximate surface area is 209 Å². The largest absolute Gasteiger partial charge is 0.353 e. The monoisotopic (exact) mass is 498 g/mol. The van der Waals surface area contributed by atoms with E-state index in [-0.39, 0.29) is 17.5 Å². The summed E-state index contributed by atoms with van der Waals surface area (Å²) in [4.78, 5) is 51.6. The number of fused-ring (bicyclic) bond motifs is 5. The molecule has 5 heterocycles. The molecule has 1 N–H and O–H groups in total. The molecule has 0 atom stereocenters. The van der Waals surface area contributed by atoms with Gasteiger partial charge in [-0.2, -0.15) is 0 Å². The fraction of sp³-hybridized carbons (Fsp3) is 0.192. The minimum absolute atomic E-state index is 0.105. The number of amides is 2. The van der Waals surface area contributed by atoms with Crippen molar-refractivity contribution in [2.75, 3.05) is 31.1 Å². The average Bonchev–Trinajstić information content (AvgIpc) is 3.31. The van der Waals surface area contributed by atoms with Gasteiger partial charge >= 0.3 is 0 Å². The van der Waals surface area contributed by atoms with Gasteiger partial charge in [0.25, 0.3) is 5.91 Å². The molecule has 0 radical (unpaired) electrons. The maximum atomic E-state index is 13.7. The number of hydrogen-bond acceptors (Lipinski definition) is 7. The number of hydrogen-bond donors (Lipinski definition) is 1. The summed E-state index contributed by atoms with van der Waals surface area (Å²) in [6.45, 7) is 2.78. The molecule has 10 heteroatoms. The number of nitrogens with one attached hydrogen (secondary N) is 1. The molecule has 36 heavy (non-hydrogen) atoms. The van der Waals surface area contributed by atoms with Crippen LogP contribution in [-0.2, 0) is 11.3 Å². The van der Waals surface area contributed by atoms with Crippen molar-refractivity contribution in [2.45, 2.75) is 6.54 Å².